The average molecular weight is 402 g/mol. The van der Waals surface area contributed by atoms with Crippen LogP contribution in [0.4, 0.5) is 14.5 Å². The van der Waals surface area contributed by atoms with Crippen LogP contribution in [-0.2, 0) is 14.3 Å². The quantitative estimate of drug-likeness (QED) is 0.543. The standard InChI is InChI=1S/C21H20F2N2O4/c1-28-11-5-10-25-20(26)18(14-6-3-4-7-17(14)29-2)19(21(25)27)24-13-8-9-15(22)16(23)12-13/h3-4,6-9,12,24H,5,10-11H2,1-2H3. The van der Waals surface area contributed by atoms with Crippen molar-refractivity contribution in [1.29, 1.82) is 0 Å². The van der Waals surface area contributed by atoms with Crippen LogP contribution >= 0.6 is 0 Å². The van der Waals surface area contributed by atoms with Crippen LogP contribution in [0.3, 0.4) is 0 Å². The minimum absolute atomic E-state index is 0.0251. The van der Waals surface area contributed by atoms with Crippen LogP contribution < -0.4 is 10.1 Å². The van der Waals surface area contributed by atoms with Crippen LogP contribution in [0.2, 0.25) is 0 Å². The number of hydrogen-bond donors (Lipinski definition) is 1. The maximum atomic E-state index is 13.6. The van der Waals surface area contributed by atoms with Crippen LogP contribution in [0, 0.1) is 11.6 Å². The molecule has 0 bridgehead atoms. The molecule has 0 atom stereocenters. The van der Waals surface area contributed by atoms with E-state index in [9.17, 15) is 18.4 Å². The predicted octanol–water partition coefficient (Wildman–Crippen LogP) is 3.20. The second-order valence-corrected chi connectivity index (χ2v) is 6.31. The fourth-order valence-corrected chi connectivity index (χ4v) is 3.08. The van der Waals surface area contributed by atoms with Gasteiger partial charge in [-0.3, -0.25) is 14.5 Å². The zero-order chi connectivity index (χ0) is 21.0. The Balaban J connectivity index is 2.05. The van der Waals surface area contributed by atoms with E-state index in [2.05, 4.69) is 5.32 Å². The molecule has 0 aromatic heterocycles. The van der Waals surface area contributed by atoms with Crippen molar-refractivity contribution in [2.24, 2.45) is 0 Å². The van der Waals surface area contributed by atoms with Gasteiger partial charge in [0, 0.05) is 37.6 Å². The van der Waals surface area contributed by atoms with Crippen LogP contribution in [0.1, 0.15) is 12.0 Å². The van der Waals surface area contributed by atoms with Gasteiger partial charge in [-0.25, -0.2) is 8.78 Å². The summed E-state index contributed by atoms with van der Waals surface area (Å²) in [6, 6.07) is 9.94. The average Bonchev–Trinajstić information content (AvgIpc) is 2.95. The highest BCUT2D eigenvalue weighted by Crippen LogP contribution is 2.35. The van der Waals surface area contributed by atoms with Gasteiger partial charge in [0.05, 0.1) is 12.7 Å². The molecule has 1 heterocycles. The number of amides is 2. The number of anilines is 1. The summed E-state index contributed by atoms with van der Waals surface area (Å²) in [4.78, 5) is 27.2. The van der Waals surface area contributed by atoms with Gasteiger partial charge in [0.2, 0.25) is 0 Å². The summed E-state index contributed by atoms with van der Waals surface area (Å²) < 4.78 is 37.2. The molecule has 1 aliphatic heterocycles. The Labute approximate surface area is 166 Å². The number of carbonyl (C=O) groups is 2. The number of methoxy groups -OCH3 is 2. The molecule has 6 nitrogen and oxygen atoms in total. The Bertz CT molecular complexity index is 975. The topological polar surface area (TPSA) is 67.9 Å². The number of para-hydroxylation sites is 1. The SMILES string of the molecule is COCCCN1C(=O)C(Nc2ccc(F)c(F)c2)=C(c2ccccc2OC)C1=O. The summed E-state index contributed by atoms with van der Waals surface area (Å²) >= 11 is 0. The fraction of sp³-hybridized carbons (Fsp3) is 0.238. The smallest absolute Gasteiger partial charge is 0.278 e. The molecule has 1 N–H and O–H groups in total. The van der Waals surface area contributed by atoms with E-state index in [4.69, 9.17) is 9.47 Å². The van der Waals surface area contributed by atoms with E-state index >= 15 is 0 Å². The molecule has 8 heteroatoms. The number of hydrogen-bond acceptors (Lipinski definition) is 5. The van der Waals surface area contributed by atoms with Crippen LogP contribution in [-0.4, -0.2) is 44.1 Å². The minimum Gasteiger partial charge on any atom is -0.496 e. The third kappa shape index (κ3) is 4.12. The summed E-state index contributed by atoms with van der Waals surface area (Å²) in [5.41, 5.74) is 0.649. The molecule has 0 aliphatic carbocycles. The van der Waals surface area contributed by atoms with E-state index < -0.39 is 23.4 Å². The molecule has 3 rings (SSSR count). The molecular formula is C21H20F2N2O4. The van der Waals surface area contributed by atoms with Gasteiger partial charge in [-0.15, -0.1) is 0 Å². The van der Waals surface area contributed by atoms with E-state index in [-0.39, 0.29) is 23.5 Å². The maximum absolute atomic E-state index is 13.6. The van der Waals surface area contributed by atoms with Crippen molar-refractivity contribution in [2.75, 3.05) is 32.7 Å². The van der Waals surface area contributed by atoms with Crippen molar-refractivity contribution in [3.05, 3.63) is 65.4 Å². The van der Waals surface area contributed by atoms with E-state index in [1.54, 1.807) is 24.3 Å². The highest BCUT2D eigenvalue weighted by atomic mass is 19.2. The van der Waals surface area contributed by atoms with E-state index in [1.165, 1.54) is 20.3 Å². The maximum Gasteiger partial charge on any atom is 0.278 e. The first-order valence-corrected chi connectivity index (χ1v) is 8.92. The largest absolute Gasteiger partial charge is 0.496 e. The van der Waals surface area contributed by atoms with Gasteiger partial charge >= 0.3 is 0 Å². The number of imide groups is 1. The first-order chi connectivity index (χ1) is 14.0. The first-order valence-electron chi connectivity index (χ1n) is 8.92. The molecule has 2 amide bonds. The Morgan fingerprint density at radius 2 is 1.76 bits per heavy atom. The summed E-state index contributed by atoms with van der Waals surface area (Å²) in [7, 11) is 2.99. The normalized spacial score (nSPS) is 14.0. The highest BCUT2D eigenvalue weighted by molar-refractivity contribution is 6.37. The van der Waals surface area contributed by atoms with Crippen molar-refractivity contribution >= 4 is 23.1 Å². The molecular weight excluding hydrogens is 382 g/mol. The second kappa shape index (κ2) is 8.83. The molecule has 152 valence electrons. The van der Waals surface area contributed by atoms with Crippen LogP contribution in [0.15, 0.2) is 48.2 Å². The summed E-state index contributed by atoms with van der Waals surface area (Å²) in [6.45, 7) is 0.542. The highest BCUT2D eigenvalue weighted by Gasteiger charge is 2.39. The van der Waals surface area contributed by atoms with Crippen molar-refractivity contribution in [1.82, 2.24) is 4.90 Å². The monoisotopic (exact) mass is 402 g/mol. The Kier molecular flexibility index (Phi) is 6.23. The van der Waals surface area contributed by atoms with Gasteiger partial charge in [-0.05, 0) is 24.6 Å². The van der Waals surface area contributed by atoms with E-state index in [1.807, 2.05) is 0 Å². The number of rotatable bonds is 8. The summed E-state index contributed by atoms with van der Waals surface area (Å²) in [6.07, 6.45) is 0.464. The fourth-order valence-electron chi connectivity index (χ4n) is 3.08. The molecule has 0 saturated carbocycles. The summed E-state index contributed by atoms with van der Waals surface area (Å²) in [5, 5.41) is 2.78. The molecule has 2 aromatic carbocycles. The van der Waals surface area contributed by atoms with E-state index in [0.29, 0.717) is 24.3 Å². The zero-order valence-electron chi connectivity index (χ0n) is 16.0. The van der Waals surface area contributed by atoms with E-state index in [0.717, 1.165) is 17.0 Å². The number of nitrogens with one attached hydrogen (secondary N) is 1. The molecule has 0 fully saturated rings. The van der Waals surface area contributed by atoms with Gasteiger partial charge in [0.15, 0.2) is 11.6 Å². The lowest BCUT2D eigenvalue weighted by molar-refractivity contribution is -0.137. The first kappa shape index (κ1) is 20.5. The minimum atomic E-state index is -1.07. The lowest BCUT2D eigenvalue weighted by Crippen LogP contribution is -2.33. The Morgan fingerprint density at radius 3 is 2.45 bits per heavy atom. The second-order valence-electron chi connectivity index (χ2n) is 6.31. The molecule has 0 radical (unpaired) electrons. The van der Waals surface area contributed by atoms with Gasteiger partial charge in [0.25, 0.3) is 11.8 Å². The van der Waals surface area contributed by atoms with Crippen molar-refractivity contribution in [3.8, 4) is 5.75 Å². The summed E-state index contributed by atoms with van der Waals surface area (Å²) in [5.74, 6) is -2.72. The van der Waals surface area contributed by atoms with Gasteiger partial charge in [0.1, 0.15) is 11.4 Å². The number of ether oxygens (including phenoxy) is 2. The Hall–Kier alpha value is -3.26. The molecule has 0 unspecified atom stereocenters. The van der Waals surface area contributed by atoms with Crippen molar-refractivity contribution in [3.63, 3.8) is 0 Å². The predicted molar refractivity (Wildman–Crippen MR) is 103 cm³/mol. The lowest BCUT2D eigenvalue weighted by Gasteiger charge is -2.15. The van der Waals surface area contributed by atoms with Gasteiger partial charge in [-0.1, -0.05) is 18.2 Å². The van der Waals surface area contributed by atoms with Crippen molar-refractivity contribution < 1.29 is 27.8 Å². The lowest BCUT2D eigenvalue weighted by atomic mass is 10.0. The number of carbonyl (C=O) groups excluding carboxylic acids is 2. The Morgan fingerprint density at radius 1 is 1.00 bits per heavy atom. The zero-order valence-corrected chi connectivity index (χ0v) is 16.0. The van der Waals surface area contributed by atoms with Gasteiger partial charge < -0.3 is 14.8 Å². The molecule has 0 saturated heterocycles. The van der Waals surface area contributed by atoms with Crippen LogP contribution in [0.5, 0.6) is 5.75 Å². The molecule has 29 heavy (non-hydrogen) atoms. The van der Waals surface area contributed by atoms with Crippen molar-refractivity contribution in [2.45, 2.75) is 6.42 Å². The molecule has 0 spiro atoms. The third-order valence-electron chi connectivity index (χ3n) is 4.46. The number of nitrogens with zero attached hydrogens (tertiary/aromatic N) is 1. The number of halogens is 2. The molecule has 1 aliphatic rings. The number of benzene rings is 2. The molecule has 2 aromatic rings. The van der Waals surface area contributed by atoms with Gasteiger partial charge in [-0.2, -0.15) is 0 Å². The van der Waals surface area contributed by atoms with Crippen LogP contribution in [0.25, 0.3) is 5.57 Å². The third-order valence-corrected chi connectivity index (χ3v) is 4.46.